The molecule has 0 radical (unpaired) electrons. The number of fused-ring (bicyclic) bond motifs is 1. The van der Waals surface area contributed by atoms with Gasteiger partial charge in [0, 0.05) is 37.3 Å². The number of hydrogen-bond donors (Lipinski definition) is 0. The molecule has 2 aliphatic heterocycles. The molecular weight excluding hydrogens is 352 g/mol. The van der Waals surface area contributed by atoms with Crippen LogP contribution in [0, 0.1) is 0 Å². The second kappa shape index (κ2) is 7.76. The highest BCUT2D eigenvalue weighted by atomic mass is 16.5. The molecule has 2 aliphatic rings. The molecule has 2 aromatic rings. The van der Waals surface area contributed by atoms with Crippen molar-refractivity contribution >= 4 is 17.5 Å². The van der Waals surface area contributed by atoms with E-state index in [1.807, 2.05) is 34.1 Å². The Balaban J connectivity index is 1.56. The van der Waals surface area contributed by atoms with E-state index >= 15 is 0 Å². The van der Waals surface area contributed by atoms with Gasteiger partial charge in [0.2, 0.25) is 5.91 Å². The van der Waals surface area contributed by atoms with Crippen LogP contribution in [-0.2, 0) is 16.0 Å². The molecule has 1 saturated heterocycles. The Labute approximate surface area is 165 Å². The number of carbonyl (C=O) groups is 2. The summed E-state index contributed by atoms with van der Waals surface area (Å²) in [6.45, 7) is 6.24. The van der Waals surface area contributed by atoms with Gasteiger partial charge < -0.3 is 14.5 Å². The van der Waals surface area contributed by atoms with Gasteiger partial charge in [-0.05, 0) is 60.7 Å². The third-order valence-electron chi connectivity index (χ3n) is 5.71. The molecule has 5 nitrogen and oxygen atoms in total. The van der Waals surface area contributed by atoms with E-state index in [1.54, 1.807) is 6.92 Å². The Morgan fingerprint density at radius 2 is 1.68 bits per heavy atom. The molecule has 0 unspecified atom stereocenters. The molecule has 5 heteroatoms. The van der Waals surface area contributed by atoms with E-state index in [0.29, 0.717) is 31.9 Å². The number of morpholine rings is 1. The molecule has 2 amide bonds. The molecule has 0 aliphatic carbocycles. The Morgan fingerprint density at radius 3 is 2.36 bits per heavy atom. The lowest BCUT2D eigenvalue weighted by Crippen LogP contribution is -2.40. The zero-order valence-corrected chi connectivity index (χ0v) is 16.5. The monoisotopic (exact) mass is 378 g/mol. The van der Waals surface area contributed by atoms with Crippen molar-refractivity contribution < 1.29 is 14.3 Å². The van der Waals surface area contributed by atoms with Gasteiger partial charge in [0.25, 0.3) is 5.91 Å². The number of rotatable bonds is 2. The van der Waals surface area contributed by atoms with Gasteiger partial charge in [-0.2, -0.15) is 0 Å². The van der Waals surface area contributed by atoms with Crippen molar-refractivity contribution in [3.05, 3.63) is 53.6 Å². The van der Waals surface area contributed by atoms with Crippen LogP contribution in [-0.4, -0.2) is 49.1 Å². The summed E-state index contributed by atoms with van der Waals surface area (Å²) < 4.78 is 5.32. The summed E-state index contributed by atoms with van der Waals surface area (Å²) in [7, 11) is 0. The Hall–Kier alpha value is -2.66. The van der Waals surface area contributed by atoms with Crippen molar-refractivity contribution in [1.29, 1.82) is 0 Å². The van der Waals surface area contributed by atoms with Crippen molar-refractivity contribution in [2.75, 3.05) is 31.2 Å². The van der Waals surface area contributed by atoms with Crippen LogP contribution < -0.4 is 4.90 Å². The van der Waals surface area contributed by atoms with E-state index in [4.69, 9.17) is 4.74 Å². The molecular formula is C23H26N2O3. The van der Waals surface area contributed by atoms with Crippen LogP contribution in [0.1, 0.15) is 36.2 Å². The summed E-state index contributed by atoms with van der Waals surface area (Å²) in [5.41, 5.74) is 5.13. The Morgan fingerprint density at radius 1 is 1.00 bits per heavy atom. The van der Waals surface area contributed by atoms with E-state index in [1.165, 1.54) is 5.56 Å². The zero-order chi connectivity index (χ0) is 19.7. The van der Waals surface area contributed by atoms with Crippen molar-refractivity contribution in [3.63, 3.8) is 0 Å². The fraction of sp³-hybridized carbons (Fsp3) is 0.391. The molecule has 2 heterocycles. The normalized spacial score (nSPS) is 19.3. The molecule has 1 fully saturated rings. The Bertz CT molecular complexity index is 885. The minimum atomic E-state index is 0.0615. The van der Waals surface area contributed by atoms with Crippen LogP contribution in [0.4, 0.5) is 5.69 Å². The first kappa shape index (κ1) is 18.7. The molecule has 4 rings (SSSR count). The van der Waals surface area contributed by atoms with Gasteiger partial charge in [0.1, 0.15) is 0 Å². The molecule has 146 valence electrons. The summed E-state index contributed by atoms with van der Waals surface area (Å²) in [5.74, 6) is 0.151. The number of nitrogens with zero attached hydrogens (tertiary/aromatic N) is 2. The van der Waals surface area contributed by atoms with Gasteiger partial charge in [0.05, 0.1) is 13.2 Å². The van der Waals surface area contributed by atoms with Crippen LogP contribution in [0.25, 0.3) is 11.1 Å². The maximum Gasteiger partial charge on any atom is 0.254 e. The van der Waals surface area contributed by atoms with E-state index in [0.717, 1.165) is 29.7 Å². The van der Waals surface area contributed by atoms with Crippen LogP contribution in [0.15, 0.2) is 42.5 Å². The van der Waals surface area contributed by atoms with Gasteiger partial charge in [-0.1, -0.05) is 18.2 Å². The third-order valence-corrected chi connectivity index (χ3v) is 5.71. The highest BCUT2D eigenvalue weighted by molar-refractivity contribution is 5.95. The quantitative estimate of drug-likeness (QED) is 0.803. The van der Waals surface area contributed by atoms with Gasteiger partial charge in [-0.25, -0.2) is 0 Å². The average Bonchev–Trinajstić information content (AvgIpc) is 2.73. The lowest BCUT2D eigenvalue weighted by molar-refractivity contribution is -0.117. The SMILES string of the molecule is CC(=O)N1c2ccc(-c3ccc(C(=O)N4CCOCC4)cc3)cc2CC[C@@H]1C. The molecule has 2 aromatic carbocycles. The van der Waals surface area contributed by atoms with E-state index in [-0.39, 0.29) is 17.9 Å². The van der Waals surface area contributed by atoms with Crippen molar-refractivity contribution in [1.82, 2.24) is 4.90 Å². The zero-order valence-electron chi connectivity index (χ0n) is 16.5. The molecule has 0 N–H and O–H groups in total. The van der Waals surface area contributed by atoms with Crippen molar-refractivity contribution in [2.45, 2.75) is 32.7 Å². The number of benzene rings is 2. The standard InChI is InChI=1S/C23H26N2O3/c1-16-3-4-21-15-20(9-10-22(21)25(16)17(2)26)18-5-7-19(8-6-18)23(27)24-11-13-28-14-12-24/h5-10,15-16H,3-4,11-14H2,1-2H3/t16-/m0/s1. The minimum absolute atomic E-state index is 0.0615. The van der Waals surface area contributed by atoms with Gasteiger partial charge in [-0.15, -0.1) is 0 Å². The highest BCUT2D eigenvalue weighted by Gasteiger charge is 2.26. The predicted molar refractivity (Wildman–Crippen MR) is 110 cm³/mol. The van der Waals surface area contributed by atoms with Crippen LogP contribution >= 0.6 is 0 Å². The largest absolute Gasteiger partial charge is 0.378 e. The van der Waals surface area contributed by atoms with Crippen molar-refractivity contribution in [2.24, 2.45) is 0 Å². The van der Waals surface area contributed by atoms with Gasteiger partial charge >= 0.3 is 0 Å². The first-order valence-corrected chi connectivity index (χ1v) is 9.95. The molecule has 0 spiro atoms. The lowest BCUT2D eigenvalue weighted by Gasteiger charge is -2.34. The number of carbonyl (C=O) groups excluding carboxylic acids is 2. The smallest absolute Gasteiger partial charge is 0.254 e. The van der Waals surface area contributed by atoms with Crippen molar-refractivity contribution in [3.8, 4) is 11.1 Å². The van der Waals surface area contributed by atoms with E-state index < -0.39 is 0 Å². The maximum atomic E-state index is 12.6. The van der Waals surface area contributed by atoms with Crippen LogP contribution in [0.3, 0.4) is 0 Å². The van der Waals surface area contributed by atoms with Crippen LogP contribution in [0.5, 0.6) is 0 Å². The van der Waals surface area contributed by atoms with Crippen LogP contribution in [0.2, 0.25) is 0 Å². The number of anilines is 1. The second-order valence-corrected chi connectivity index (χ2v) is 7.60. The first-order chi connectivity index (χ1) is 13.5. The fourth-order valence-electron chi connectivity index (χ4n) is 4.17. The number of amides is 2. The third kappa shape index (κ3) is 3.54. The number of aryl methyl sites for hydroxylation is 1. The molecule has 0 bridgehead atoms. The summed E-state index contributed by atoms with van der Waals surface area (Å²) >= 11 is 0. The predicted octanol–water partition coefficient (Wildman–Crippen LogP) is 3.51. The summed E-state index contributed by atoms with van der Waals surface area (Å²) in [4.78, 5) is 28.4. The lowest BCUT2D eigenvalue weighted by atomic mass is 9.93. The van der Waals surface area contributed by atoms with E-state index in [2.05, 4.69) is 25.1 Å². The van der Waals surface area contributed by atoms with Gasteiger partial charge in [0.15, 0.2) is 0 Å². The Kier molecular flexibility index (Phi) is 5.18. The fourth-order valence-corrected chi connectivity index (χ4v) is 4.17. The average molecular weight is 378 g/mol. The number of hydrogen-bond acceptors (Lipinski definition) is 3. The molecule has 1 atom stereocenters. The molecule has 0 aromatic heterocycles. The first-order valence-electron chi connectivity index (χ1n) is 9.95. The summed E-state index contributed by atoms with van der Waals surface area (Å²) in [5, 5.41) is 0. The number of ether oxygens (including phenoxy) is 1. The minimum Gasteiger partial charge on any atom is -0.378 e. The highest BCUT2D eigenvalue weighted by Crippen LogP contribution is 2.34. The molecule has 28 heavy (non-hydrogen) atoms. The second-order valence-electron chi connectivity index (χ2n) is 7.60. The maximum absolute atomic E-state index is 12.6. The van der Waals surface area contributed by atoms with Gasteiger partial charge in [-0.3, -0.25) is 9.59 Å². The molecule has 0 saturated carbocycles. The summed E-state index contributed by atoms with van der Waals surface area (Å²) in [6.07, 6.45) is 1.95. The van der Waals surface area contributed by atoms with E-state index in [9.17, 15) is 9.59 Å². The summed E-state index contributed by atoms with van der Waals surface area (Å²) in [6, 6.07) is 14.3. The topological polar surface area (TPSA) is 49.9 Å².